The number of aryl methyl sites for hydroxylation is 1. The van der Waals surface area contributed by atoms with E-state index in [0.29, 0.717) is 12.1 Å². The number of benzene rings is 1. The lowest BCUT2D eigenvalue weighted by molar-refractivity contribution is 0.681. The molecule has 2 N–H and O–H groups in total. The third kappa shape index (κ3) is 1.57. The van der Waals surface area contributed by atoms with Crippen molar-refractivity contribution in [2.75, 3.05) is 10.6 Å². The first-order valence-electron chi connectivity index (χ1n) is 6.45. The second kappa shape index (κ2) is 3.69. The lowest BCUT2D eigenvalue weighted by atomic mass is 9.96. The van der Waals surface area contributed by atoms with Gasteiger partial charge in [-0.15, -0.1) is 0 Å². The molecule has 2 aliphatic heterocycles. The van der Waals surface area contributed by atoms with Crippen molar-refractivity contribution in [1.82, 2.24) is 0 Å². The van der Waals surface area contributed by atoms with Crippen molar-refractivity contribution in [1.29, 1.82) is 0 Å². The highest BCUT2D eigenvalue weighted by Crippen LogP contribution is 2.35. The minimum Gasteiger partial charge on any atom is -0.382 e. The molecule has 2 unspecified atom stereocenters. The predicted octanol–water partition coefficient (Wildman–Crippen LogP) is 3.18. The van der Waals surface area contributed by atoms with Crippen LogP contribution in [0, 0.1) is 0 Å². The molecule has 0 spiro atoms. The van der Waals surface area contributed by atoms with Gasteiger partial charge in [-0.25, -0.2) is 0 Å². The van der Waals surface area contributed by atoms with E-state index in [4.69, 9.17) is 0 Å². The summed E-state index contributed by atoms with van der Waals surface area (Å²) in [6, 6.07) is 6.00. The third-order valence-electron chi connectivity index (χ3n) is 3.90. The van der Waals surface area contributed by atoms with Gasteiger partial charge in [-0.2, -0.15) is 0 Å². The fourth-order valence-electron chi connectivity index (χ4n) is 2.83. The third-order valence-corrected chi connectivity index (χ3v) is 3.90. The van der Waals surface area contributed by atoms with E-state index in [9.17, 15) is 0 Å². The minimum absolute atomic E-state index is 0.627. The second-order valence-corrected chi connectivity index (χ2v) is 5.20. The molecule has 0 saturated heterocycles. The van der Waals surface area contributed by atoms with Gasteiger partial charge in [0.25, 0.3) is 0 Å². The largest absolute Gasteiger partial charge is 0.382 e. The molecule has 0 saturated carbocycles. The maximum Gasteiger partial charge on any atom is 0.0380 e. The fourth-order valence-corrected chi connectivity index (χ4v) is 2.83. The Bertz CT molecular complexity index is 411. The number of hydrogen-bond acceptors (Lipinski definition) is 2. The van der Waals surface area contributed by atoms with Gasteiger partial charge < -0.3 is 10.6 Å². The first-order valence-corrected chi connectivity index (χ1v) is 6.45. The van der Waals surface area contributed by atoms with Crippen LogP contribution in [0.4, 0.5) is 11.4 Å². The van der Waals surface area contributed by atoms with Crippen LogP contribution in [-0.2, 0) is 12.8 Å². The Morgan fingerprint density at radius 1 is 1.19 bits per heavy atom. The Labute approximate surface area is 97.4 Å². The van der Waals surface area contributed by atoms with E-state index in [1.807, 2.05) is 0 Å². The molecule has 3 rings (SSSR count). The molecule has 2 heteroatoms. The highest BCUT2D eigenvalue weighted by molar-refractivity contribution is 5.68. The van der Waals surface area contributed by atoms with Crippen LogP contribution in [0.5, 0.6) is 0 Å². The van der Waals surface area contributed by atoms with E-state index in [0.717, 1.165) is 0 Å². The van der Waals surface area contributed by atoms with Crippen molar-refractivity contribution < 1.29 is 0 Å². The van der Waals surface area contributed by atoms with Crippen molar-refractivity contribution in [3.63, 3.8) is 0 Å². The number of anilines is 2. The smallest absolute Gasteiger partial charge is 0.0380 e. The standard InChI is InChI=1S/C14H20N2/c1-3-12-6-11-8-13-10(7-14(11)16-12)5-4-9(2)15-13/h7-9,12,15-16H,3-6H2,1-2H3. The summed E-state index contributed by atoms with van der Waals surface area (Å²) in [6.45, 7) is 4.52. The Kier molecular flexibility index (Phi) is 2.31. The van der Waals surface area contributed by atoms with Gasteiger partial charge in [0.1, 0.15) is 0 Å². The maximum absolute atomic E-state index is 3.62. The molecular formula is C14H20N2. The summed E-state index contributed by atoms with van der Waals surface area (Å²) in [5.41, 5.74) is 5.73. The number of hydrogen-bond donors (Lipinski definition) is 2. The summed E-state index contributed by atoms with van der Waals surface area (Å²) in [5, 5.41) is 7.21. The van der Waals surface area contributed by atoms with E-state index in [2.05, 4.69) is 36.6 Å². The average molecular weight is 216 g/mol. The molecule has 0 fully saturated rings. The Morgan fingerprint density at radius 3 is 2.75 bits per heavy atom. The molecule has 0 amide bonds. The molecule has 2 heterocycles. The molecule has 86 valence electrons. The van der Waals surface area contributed by atoms with Crippen LogP contribution in [0.3, 0.4) is 0 Å². The predicted molar refractivity (Wildman–Crippen MR) is 69.3 cm³/mol. The molecule has 0 aromatic heterocycles. The highest BCUT2D eigenvalue weighted by Gasteiger charge is 2.23. The second-order valence-electron chi connectivity index (χ2n) is 5.20. The normalized spacial score (nSPS) is 26.6. The van der Waals surface area contributed by atoms with Crippen LogP contribution in [0.25, 0.3) is 0 Å². The molecule has 1 aromatic rings. The molecule has 0 bridgehead atoms. The summed E-state index contributed by atoms with van der Waals surface area (Å²) in [5.74, 6) is 0. The lowest BCUT2D eigenvalue weighted by Crippen LogP contribution is -2.21. The zero-order valence-corrected chi connectivity index (χ0v) is 10.1. The van der Waals surface area contributed by atoms with E-state index in [1.54, 1.807) is 0 Å². The molecule has 0 radical (unpaired) electrons. The minimum atomic E-state index is 0.627. The number of rotatable bonds is 1. The van der Waals surface area contributed by atoms with Gasteiger partial charge in [-0.1, -0.05) is 6.92 Å². The summed E-state index contributed by atoms with van der Waals surface area (Å²) in [4.78, 5) is 0. The topological polar surface area (TPSA) is 24.1 Å². The molecular weight excluding hydrogens is 196 g/mol. The van der Waals surface area contributed by atoms with Gasteiger partial charge in [0.2, 0.25) is 0 Å². The quantitative estimate of drug-likeness (QED) is 0.753. The van der Waals surface area contributed by atoms with Gasteiger partial charge >= 0.3 is 0 Å². The van der Waals surface area contributed by atoms with E-state index in [1.165, 1.54) is 48.2 Å². The van der Waals surface area contributed by atoms with Crippen molar-refractivity contribution in [3.05, 3.63) is 23.3 Å². The van der Waals surface area contributed by atoms with Crippen molar-refractivity contribution >= 4 is 11.4 Å². The van der Waals surface area contributed by atoms with Crippen LogP contribution in [0.1, 0.15) is 37.8 Å². The molecule has 16 heavy (non-hydrogen) atoms. The lowest BCUT2D eigenvalue weighted by Gasteiger charge is -2.25. The summed E-state index contributed by atoms with van der Waals surface area (Å²) >= 11 is 0. The van der Waals surface area contributed by atoms with Crippen LogP contribution in [0.15, 0.2) is 12.1 Å². The average Bonchev–Trinajstić information content (AvgIpc) is 2.67. The van der Waals surface area contributed by atoms with Gasteiger partial charge in [0.15, 0.2) is 0 Å². The van der Waals surface area contributed by atoms with E-state index in [-0.39, 0.29) is 0 Å². The first-order chi connectivity index (χ1) is 7.76. The molecule has 2 aliphatic rings. The van der Waals surface area contributed by atoms with Crippen LogP contribution >= 0.6 is 0 Å². The SMILES string of the molecule is CCC1Cc2cc3c(cc2N1)CCC(C)N3. The number of nitrogens with one attached hydrogen (secondary N) is 2. The van der Waals surface area contributed by atoms with E-state index < -0.39 is 0 Å². The zero-order valence-electron chi connectivity index (χ0n) is 10.1. The summed E-state index contributed by atoms with van der Waals surface area (Å²) in [7, 11) is 0. The summed E-state index contributed by atoms with van der Waals surface area (Å²) in [6.07, 6.45) is 4.87. The monoisotopic (exact) mass is 216 g/mol. The Morgan fingerprint density at radius 2 is 1.94 bits per heavy atom. The maximum atomic E-state index is 3.62. The van der Waals surface area contributed by atoms with Crippen molar-refractivity contribution in [2.24, 2.45) is 0 Å². The summed E-state index contributed by atoms with van der Waals surface area (Å²) < 4.78 is 0. The zero-order chi connectivity index (χ0) is 11.1. The van der Waals surface area contributed by atoms with Gasteiger partial charge in [-0.3, -0.25) is 0 Å². The van der Waals surface area contributed by atoms with E-state index >= 15 is 0 Å². The number of fused-ring (bicyclic) bond motifs is 2. The molecule has 2 atom stereocenters. The Balaban J connectivity index is 1.95. The van der Waals surface area contributed by atoms with Crippen molar-refractivity contribution in [2.45, 2.75) is 51.6 Å². The first kappa shape index (κ1) is 10.0. The molecule has 0 aliphatic carbocycles. The Hall–Kier alpha value is -1.18. The van der Waals surface area contributed by atoms with Gasteiger partial charge in [0, 0.05) is 23.5 Å². The molecule has 2 nitrogen and oxygen atoms in total. The molecule has 1 aromatic carbocycles. The fraction of sp³-hybridized carbons (Fsp3) is 0.571. The van der Waals surface area contributed by atoms with Crippen LogP contribution < -0.4 is 10.6 Å². The van der Waals surface area contributed by atoms with Crippen LogP contribution in [0.2, 0.25) is 0 Å². The van der Waals surface area contributed by atoms with Crippen molar-refractivity contribution in [3.8, 4) is 0 Å². The highest BCUT2D eigenvalue weighted by atomic mass is 15.0. The van der Waals surface area contributed by atoms with Gasteiger partial charge in [-0.05, 0) is 55.9 Å². The van der Waals surface area contributed by atoms with Gasteiger partial charge in [0.05, 0.1) is 0 Å². The van der Waals surface area contributed by atoms with Crippen LogP contribution in [-0.4, -0.2) is 12.1 Å².